The Hall–Kier alpha value is -5.15. The number of aryl methyl sites for hydroxylation is 4. The molecule has 2 aliphatic rings. The van der Waals surface area contributed by atoms with E-state index in [0.717, 1.165) is 42.5 Å². The first-order valence-electron chi connectivity index (χ1n) is 16.3. The highest BCUT2D eigenvalue weighted by atomic mass is 15.0. The van der Waals surface area contributed by atoms with Gasteiger partial charge in [0.2, 0.25) is 11.4 Å². The molecule has 0 saturated heterocycles. The van der Waals surface area contributed by atoms with Gasteiger partial charge in [-0.05, 0) is 77.8 Å². The Kier molecular flexibility index (Phi) is 7.92. The number of fused-ring (bicyclic) bond motifs is 9. The maximum absolute atomic E-state index is 8.97. The molecule has 2 aliphatic heterocycles. The SMILES string of the molecule is C=C/C=C(\C(=C)C(=N)c1ccccc1)c1ccc2c(c1)-c1cc(C)cc[n+]1CCC1C(CC2)c2ccccc2-c2cc(C)cc[n+]21. The highest BCUT2D eigenvalue weighted by Crippen LogP contribution is 2.43. The van der Waals surface area contributed by atoms with Gasteiger partial charge in [-0.1, -0.05) is 86.0 Å². The van der Waals surface area contributed by atoms with Gasteiger partial charge in [-0.3, -0.25) is 5.41 Å². The summed E-state index contributed by atoms with van der Waals surface area (Å²) in [5.74, 6) is 0.416. The Labute approximate surface area is 273 Å². The minimum atomic E-state index is 0.377. The number of benzene rings is 3. The summed E-state index contributed by atoms with van der Waals surface area (Å²) in [5, 5.41) is 8.97. The quantitative estimate of drug-likeness (QED) is 0.119. The second-order valence-corrected chi connectivity index (χ2v) is 12.8. The normalized spacial score (nSPS) is 17.0. The summed E-state index contributed by atoms with van der Waals surface area (Å²) < 4.78 is 5.00. The van der Waals surface area contributed by atoms with Gasteiger partial charge in [-0.2, -0.15) is 9.13 Å². The van der Waals surface area contributed by atoms with Crippen LogP contribution in [-0.2, 0) is 13.0 Å². The zero-order chi connectivity index (χ0) is 31.8. The molecule has 0 amide bonds. The third kappa shape index (κ3) is 5.37. The molecule has 2 atom stereocenters. The minimum Gasteiger partial charge on any atom is -0.300 e. The van der Waals surface area contributed by atoms with Crippen LogP contribution >= 0.6 is 0 Å². The van der Waals surface area contributed by atoms with E-state index in [-0.39, 0.29) is 0 Å². The Morgan fingerprint density at radius 1 is 0.783 bits per heavy atom. The maximum Gasteiger partial charge on any atom is 0.213 e. The van der Waals surface area contributed by atoms with Crippen molar-refractivity contribution in [2.24, 2.45) is 0 Å². The largest absolute Gasteiger partial charge is 0.300 e. The number of nitrogens with zero attached hydrogens (tertiary/aromatic N) is 2. The molecule has 226 valence electrons. The number of aromatic nitrogens is 2. The van der Waals surface area contributed by atoms with Crippen LogP contribution in [0.4, 0.5) is 0 Å². The molecule has 5 aromatic rings. The highest BCUT2D eigenvalue weighted by Gasteiger charge is 2.41. The van der Waals surface area contributed by atoms with E-state index in [4.69, 9.17) is 5.41 Å². The molecule has 0 bridgehead atoms. The lowest BCUT2D eigenvalue weighted by molar-refractivity contribution is -0.738. The van der Waals surface area contributed by atoms with Gasteiger partial charge in [0.1, 0.15) is 0 Å². The van der Waals surface area contributed by atoms with Crippen molar-refractivity contribution < 1.29 is 9.13 Å². The van der Waals surface area contributed by atoms with Gasteiger partial charge in [0, 0.05) is 46.9 Å². The topological polar surface area (TPSA) is 31.6 Å². The van der Waals surface area contributed by atoms with Gasteiger partial charge in [-0.25, -0.2) is 0 Å². The van der Waals surface area contributed by atoms with Crippen molar-refractivity contribution in [2.45, 2.75) is 51.6 Å². The molecule has 3 heteroatoms. The maximum atomic E-state index is 8.97. The Morgan fingerprint density at radius 3 is 2.33 bits per heavy atom. The van der Waals surface area contributed by atoms with E-state index in [2.05, 4.69) is 115 Å². The predicted molar refractivity (Wildman–Crippen MR) is 189 cm³/mol. The van der Waals surface area contributed by atoms with Crippen molar-refractivity contribution in [1.29, 1.82) is 5.41 Å². The van der Waals surface area contributed by atoms with E-state index >= 15 is 0 Å². The van der Waals surface area contributed by atoms with E-state index in [1.807, 2.05) is 36.4 Å². The van der Waals surface area contributed by atoms with Gasteiger partial charge < -0.3 is 0 Å². The summed E-state index contributed by atoms with van der Waals surface area (Å²) in [6, 6.07) is 35.3. The molecule has 0 fully saturated rings. The summed E-state index contributed by atoms with van der Waals surface area (Å²) in [6.07, 6.45) is 11.5. The van der Waals surface area contributed by atoms with E-state index in [1.165, 1.54) is 44.8 Å². The summed E-state index contributed by atoms with van der Waals surface area (Å²) in [6.45, 7) is 13.7. The monoisotopic (exact) mass is 599 g/mol. The zero-order valence-electron chi connectivity index (χ0n) is 26.8. The van der Waals surface area contributed by atoms with Gasteiger partial charge in [0.15, 0.2) is 25.0 Å². The zero-order valence-corrected chi connectivity index (χ0v) is 26.8. The average molecular weight is 600 g/mol. The number of allylic oxidation sites excluding steroid dienone is 4. The van der Waals surface area contributed by atoms with Crippen LogP contribution in [0.15, 0.2) is 140 Å². The lowest BCUT2D eigenvalue weighted by Crippen LogP contribution is -2.50. The molecule has 0 spiro atoms. The van der Waals surface area contributed by atoms with Gasteiger partial charge in [0.25, 0.3) is 0 Å². The fourth-order valence-corrected chi connectivity index (χ4v) is 7.51. The molecule has 7 rings (SSSR count). The summed E-state index contributed by atoms with van der Waals surface area (Å²) in [4.78, 5) is 0. The van der Waals surface area contributed by atoms with E-state index in [1.54, 1.807) is 6.08 Å². The standard InChI is InChI=1S/C43H41N3/c1-5-11-35(31(4)43(44)33-12-7-6-8-13-33)34-17-16-32-18-19-38-36-14-9-10-15-37(36)42-27-30(3)21-25-46(42)40(38)22-24-45-23-20-29(2)26-41(45)39(32)28-34/h5-17,20-21,23,25-28,38,40,44H,1,4,18-19,22,24H2,2-3H3/q+2/b35-11+,44-43?. The summed E-state index contributed by atoms with van der Waals surface area (Å²) in [5.41, 5.74) is 14.5. The van der Waals surface area contributed by atoms with Crippen molar-refractivity contribution in [1.82, 2.24) is 0 Å². The van der Waals surface area contributed by atoms with Crippen LogP contribution in [0.5, 0.6) is 0 Å². The molecule has 2 aromatic heterocycles. The van der Waals surface area contributed by atoms with E-state index in [9.17, 15) is 0 Å². The van der Waals surface area contributed by atoms with Gasteiger partial charge in [0.05, 0.1) is 12.1 Å². The molecule has 0 saturated carbocycles. The molecular formula is C43H41N3+2. The Balaban J connectivity index is 1.34. The molecule has 0 aliphatic carbocycles. The lowest BCUT2D eigenvalue weighted by atomic mass is 9.77. The second kappa shape index (κ2) is 12.3. The van der Waals surface area contributed by atoms with Crippen molar-refractivity contribution in [3.8, 4) is 22.5 Å². The summed E-state index contributed by atoms with van der Waals surface area (Å²) >= 11 is 0. The molecule has 46 heavy (non-hydrogen) atoms. The van der Waals surface area contributed by atoms with E-state index < -0.39 is 0 Å². The number of rotatable bonds is 5. The third-order valence-electron chi connectivity index (χ3n) is 9.85. The molecule has 2 unspecified atom stereocenters. The number of pyridine rings is 2. The molecule has 4 heterocycles. The van der Waals surface area contributed by atoms with E-state index in [0.29, 0.717) is 23.2 Å². The predicted octanol–water partition coefficient (Wildman–Crippen LogP) is 9.08. The van der Waals surface area contributed by atoms with Crippen molar-refractivity contribution >= 4 is 11.3 Å². The minimum absolute atomic E-state index is 0.377. The van der Waals surface area contributed by atoms with Crippen LogP contribution in [0.1, 0.15) is 58.2 Å². The smallest absolute Gasteiger partial charge is 0.213 e. The number of hydrogen-bond donors (Lipinski definition) is 1. The molecule has 1 N–H and O–H groups in total. The third-order valence-corrected chi connectivity index (χ3v) is 9.85. The fraction of sp³-hybridized carbons (Fsp3) is 0.186. The van der Waals surface area contributed by atoms with Crippen LogP contribution in [0.25, 0.3) is 28.1 Å². The summed E-state index contributed by atoms with van der Waals surface area (Å²) in [7, 11) is 0. The fourth-order valence-electron chi connectivity index (χ4n) is 7.51. The molecule has 0 radical (unpaired) electrons. The molecule has 3 nitrogen and oxygen atoms in total. The van der Waals surface area contributed by atoms with Crippen molar-refractivity contribution in [3.05, 3.63) is 174 Å². The number of nitrogens with one attached hydrogen (secondary N) is 1. The molecular weight excluding hydrogens is 558 g/mol. The van der Waals surface area contributed by atoms with Gasteiger partial charge >= 0.3 is 0 Å². The van der Waals surface area contributed by atoms with Crippen molar-refractivity contribution in [2.75, 3.05) is 0 Å². The Bertz CT molecular complexity index is 2030. The van der Waals surface area contributed by atoms with Crippen LogP contribution in [-0.4, -0.2) is 5.71 Å². The lowest BCUT2D eigenvalue weighted by Gasteiger charge is -2.31. The van der Waals surface area contributed by atoms with Crippen LogP contribution in [0.2, 0.25) is 0 Å². The first kappa shape index (κ1) is 29.6. The highest BCUT2D eigenvalue weighted by molar-refractivity contribution is 6.19. The van der Waals surface area contributed by atoms with Crippen LogP contribution in [0.3, 0.4) is 0 Å². The van der Waals surface area contributed by atoms with Crippen molar-refractivity contribution in [3.63, 3.8) is 0 Å². The Morgan fingerprint density at radius 2 is 1.52 bits per heavy atom. The first-order chi connectivity index (χ1) is 22.4. The van der Waals surface area contributed by atoms with Gasteiger partial charge in [-0.15, -0.1) is 0 Å². The van der Waals surface area contributed by atoms with Crippen LogP contribution in [0, 0.1) is 19.3 Å². The first-order valence-corrected chi connectivity index (χ1v) is 16.3. The second-order valence-electron chi connectivity index (χ2n) is 12.8. The molecule has 3 aromatic carbocycles. The number of hydrogen-bond acceptors (Lipinski definition) is 1. The average Bonchev–Trinajstić information content (AvgIpc) is 3.09. The van der Waals surface area contributed by atoms with Crippen LogP contribution < -0.4 is 9.13 Å².